The van der Waals surface area contributed by atoms with Gasteiger partial charge >= 0.3 is 11.7 Å². The number of fused-ring (bicyclic) bond motifs is 1. The maximum Gasteiger partial charge on any atom is 0.328 e. The van der Waals surface area contributed by atoms with Crippen LogP contribution in [0.1, 0.15) is 13.0 Å². The monoisotopic (exact) mass is 311 g/mol. The maximum atomic E-state index is 12.1. The van der Waals surface area contributed by atoms with Crippen molar-refractivity contribution in [2.45, 2.75) is 13.0 Å². The fourth-order valence-corrected chi connectivity index (χ4v) is 2.56. The molecule has 0 saturated carbocycles. The lowest BCUT2D eigenvalue weighted by atomic mass is 10.2. The van der Waals surface area contributed by atoms with Gasteiger partial charge < -0.3 is 15.0 Å². The molecule has 0 aliphatic carbocycles. The van der Waals surface area contributed by atoms with Gasteiger partial charge in [0.15, 0.2) is 0 Å². The normalized spacial score (nSPS) is 12.1. The Morgan fingerprint density at radius 3 is 2.61 bits per heavy atom. The highest BCUT2D eigenvalue weighted by Crippen LogP contribution is 2.22. The molecule has 2 N–H and O–H groups in total. The van der Waals surface area contributed by atoms with Gasteiger partial charge in [-0.3, -0.25) is 4.57 Å². The zero-order valence-electron chi connectivity index (χ0n) is 12.9. The summed E-state index contributed by atoms with van der Waals surface area (Å²) in [6.45, 7) is 1.64. The second kappa shape index (κ2) is 6.00. The fraction of sp³-hybridized carbons (Fsp3) is 0.176. The first kappa shape index (κ1) is 14.9. The molecule has 0 saturated heterocycles. The van der Waals surface area contributed by atoms with Gasteiger partial charge in [-0.1, -0.05) is 18.2 Å². The molecule has 6 heteroatoms. The Bertz CT molecular complexity index is 896. The van der Waals surface area contributed by atoms with E-state index in [9.17, 15) is 9.59 Å². The van der Waals surface area contributed by atoms with Crippen molar-refractivity contribution in [1.82, 2.24) is 9.55 Å². The van der Waals surface area contributed by atoms with Gasteiger partial charge in [-0.05, 0) is 37.3 Å². The number of anilines is 2. The van der Waals surface area contributed by atoms with Gasteiger partial charge in [0.1, 0.15) is 6.04 Å². The molecule has 1 aromatic heterocycles. The predicted octanol–water partition coefficient (Wildman–Crippen LogP) is 2.81. The van der Waals surface area contributed by atoms with E-state index < -0.39 is 12.0 Å². The number of para-hydroxylation sites is 1. The maximum absolute atomic E-state index is 12.1. The van der Waals surface area contributed by atoms with Crippen LogP contribution in [0.5, 0.6) is 0 Å². The van der Waals surface area contributed by atoms with E-state index in [2.05, 4.69) is 10.3 Å². The number of hydrogen-bond acceptors (Lipinski definition) is 4. The number of esters is 1. The molecule has 118 valence electrons. The molecule has 3 rings (SSSR count). The van der Waals surface area contributed by atoms with E-state index in [1.54, 1.807) is 13.0 Å². The Kier molecular flexibility index (Phi) is 3.89. The Balaban J connectivity index is 1.99. The molecule has 0 bridgehead atoms. The minimum absolute atomic E-state index is 0.338. The molecule has 6 nitrogen and oxygen atoms in total. The summed E-state index contributed by atoms with van der Waals surface area (Å²) in [6.07, 6.45) is 0. The first-order valence-electron chi connectivity index (χ1n) is 7.24. The first-order chi connectivity index (χ1) is 11.1. The standard InChI is InChI=1S/C17H17N3O3/c1-11(16(21)23-2)20-15-9-8-13(10-14(15)19-17(20)22)18-12-6-4-3-5-7-12/h3-11,18H,1-2H3,(H,19,22). The average Bonchev–Trinajstić information content (AvgIpc) is 2.89. The summed E-state index contributed by atoms with van der Waals surface area (Å²) in [5.74, 6) is -0.459. The topological polar surface area (TPSA) is 76.1 Å². The van der Waals surface area contributed by atoms with Crippen molar-refractivity contribution < 1.29 is 9.53 Å². The molecular weight excluding hydrogens is 294 g/mol. The second-order valence-corrected chi connectivity index (χ2v) is 5.22. The Labute approximate surface area is 132 Å². The number of benzene rings is 2. The minimum Gasteiger partial charge on any atom is -0.467 e. The lowest BCUT2D eigenvalue weighted by molar-refractivity contribution is -0.144. The Hall–Kier alpha value is -3.02. The zero-order valence-corrected chi connectivity index (χ0v) is 12.9. The molecular formula is C17H17N3O3. The van der Waals surface area contributed by atoms with Gasteiger partial charge in [0.25, 0.3) is 0 Å². The number of nitrogens with one attached hydrogen (secondary N) is 2. The quantitative estimate of drug-likeness (QED) is 0.726. The molecule has 3 aromatic rings. The molecule has 0 radical (unpaired) electrons. The highest BCUT2D eigenvalue weighted by molar-refractivity contribution is 5.83. The van der Waals surface area contributed by atoms with Crippen LogP contribution in [-0.2, 0) is 9.53 Å². The summed E-state index contributed by atoms with van der Waals surface area (Å²) in [5.41, 5.74) is 2.78. The number of ether oxygens (including phenoxy) is 1. The SMILES string of the molecule is COC(=O)C(C)n1c(=O)[nH]c2cc(Nc3ccccc3)ccc21. The molecule has 1 heterocycles. The lowest BCUT2D eigenvalue weighted by Crippen LogP contribution is -2.26. The van der Waals surface area contributed by atoms with Gasteiger partial charge in [0.2, 0.25) is 0 Å². The van der Waals surface area contributed by atoms with Crippen molar-refractivity contribution in [1.29, 1.82) is 0 Å². The van der Waals surface area contributed by atoms with Crippen molar-refractivity contribution in [3.8, 4) is 0 Å². The summed E-state index contributed by atoms with van der Waals surface area (Å²) < 4.78 is 6.11. The number of hydrogen-bond donors (Lipinski definition) is 2. The summed E-state index contributed by atoms with van der Waals surface area (Å²) in [4.78, 5) is 26.6. The molecule has 0 aliphatic rings. The van der Waals surface area contributed by atoms with Crippen LogP contribution in [-0.4, -0.2) is 22.6 Å². The van der Waals surface area contributed by atoms with Crippen molar-refractivity contribution >= 4 is 28.4 Å². The van der Waals surface area contributed by atoms with Crippen LogP contribution in [0.15, 0.2) is 53.3 Å². The van der Waals surface area contributed by atoms with E-state index >= 15 is 0 Å². The molecule has 1 unspecified atom stereocenters. The van der Waals surface area contributed by atoms with E-state index in [0.717, 1.165) is 11.4 Å². The number of aromatic amines is 1. The van der Waals surface area contributed by atoms with Crippen LogP contribution in [0.3, 0.4) is 0 Å². The van der Waals surface area contributed by atoms with Crippen LogP contribution in [0.25, 0.3) is 11.0 Å². The van der Waals surface area contributed by atoms with Crippen molar-refractivity contribution in [2.24, 2.45) is 0 Å². The van der Waals surface area contributed by atoms with E-state index in [0.29, 0.717) is 11.0 Å². The number of methoxy groups -OCH3 is 1. The van der Waals surface area contributed by atoms with Gasteiger partial charge in [0.05, 0.1) is 18.1 Å². The minimum atomic E-state index is -0.686. The van der Waals surface area contributed by atoms with Gasteiger partial charge in [0, 0.05) is 11.4 Å². The van der Waals surface area contributed by atoms with E-state index in [1.807, 2.05) is 42.5 Å². The highest BCUT2D eigenvalue weighted by Gasteiger charge is 2.20. The molecule has 0 spiro atoms. The largest absolute Gasteiger partial charge is 0.467 e. The Morgan fingerprint density at radius 1 is 1.17 bits per heavy atom. The number of carbonyl (C=O) groups is 1. The lowest BCUT2D eigenvalue weighted by Gasteiger charge is -2.11. The third kappa shape index (κ3) is 2.83. The molecule has 0 amide bonds. The number of rotatable bonds is 4. The molecule has 0 fully saturated rings. The van der Waals surface area contributed by atoms with Crippen molar-refractivity contribution in [3.63, 3.8) is 0 Å². The fourth-order valence-electron chi connectivity index (χ4n) is 2.56. The first-order valence-corrected chi connectivity index (χ1v) is 7.24. The zero-order chi connectivity index (χ0) is 16.4. The van der Waals surface area contributed by atoms with Crippen molar-refractivity contribution in [3.05, 3.63) is 59.0 Å². The number of imidazole rings is 1. The van der Waals surface area contributed by atoms with Crippen LogP contribution in [0.4, 0.5) is 11.4 Å². The smallest absolute Gasteiger partial charge is 0.328 e. The highest BCUT2D eigenvalue weighted by atomic mass is 16.5. The van der Waals surface area contributed by atoms with Gasteiger partial charge in [-0.15, -0.1) is 0 Å². The van der Waals surface area contributed by atoms with Gasteiger partial charge in [-0.25, -0.2) is 9.59 Å². The summed E-state index contributed by atoms with van der Waals surface area (Å²) in [6, 6.07) is 14.6. The van der Waals surface area contributed by atoms with Crippen LogP contribution in [0.2, 0.25) is 0 Å². The number of nitrogens with zero attached hydrogens (tertiary/aromatic N) is 1. The predicted molar refractivity (Wildman–Crippen MR) is 89.0 cm³/mol. The number of aromatic nitrogens is 2. The molecule has 0 aliphatic heterocycles. The molecule has 1 atom stereocenters. The third-order valence-electron chi connectivity index (χ3n) is 3.71. The Morgan fingerprint density at radius 2 is 1.91 bits per heavy atom. The molecule has 2 aromatic carbocycles. The summed E-state index contributed by atoms with van der Waals surface area (Å²) >= 11 is 0. The van der Waals surface area contributed by atoms with Crippen LogP contribution in [0, 0.1) is 0 Å². The summed E-state index contributed by atoms with van der Waals surface area (Å²) in [7, 11) is 1.31. The number of H-pyrrole nitrogens is 1. The second-order valence-electron chi connectivity index (χ2n) is 5.22. The van der Waals surface area contributed by atoms with E-state index in [1.165, 1.54) is 11.7 Å². The van der Waals surface area contributed by atoms with Crippen LogP contribution >= 0.6 is 0 Å². The average molecular weight is 311 g/mol. The van der Waals surface area contributed by atoms with E-state index in [-0.39, 0.29) is 5.69 Å². The molecule has 23 heavy (non-hydrogen) atoms. The van der Waals surface area contributed by atoms with E-state index in [4.69, 9.17) is 4.74 Å². The van der Waals surface area contributed by atoms with Gasteiger partial charge in [-0.2, -0.15) is 0 Å². The number of carbonyl (C=O) groups excluding carboxylic acids is 1. The van der Waals surface area contributed by atoms with Crippen LogP contribution < -0.4 is 11.0 Å². The third-order valence-corrected chi connectivity index (χ3v) is 3.71. The summed E-state index contributed by atoms with van der Waals surface area (Å²) in [5, 5.41) is 3.26. The van der Waals surface area contributed by atoms with Crippen molar-refractivity contribution in [2.75, 3.05) is 12.4 Å².